The minimum absolute atomic E-state index is 0.0716. The summed E-state index contributed by atoms with van der Waals surface area (Å²) in [5, 5.41) is 7.30. The summed E-state index contributed by atoms with van der Waals surface area (Å²) >= 11 is 5.15. The Balaban J connectivity index is 2.21. The zero-order valence-corrected chi connectivity index (χ0v) is 9.09. The second-order valence-corrected chi connectivity index (χ2v) is 5.08. The summed E-state index contributed by atoms with van der Waals surface area (Å²) in [6.45, 7) is 8.56. The van der Waals surface area contributed by atoms with Crippen molar-refractivity contribution in [3.63, 3.8) is 0 Å². The highest BCUT2D eigenvalue weighted by Crippen LogP contribution is 2.28. The van der Waals surface area contributed by atoms with Crippen LogP contribution in [0.3, 0.4) is 0 Å². The third kappa shape index (κ3) is 3.39. The van der Waals surface area contributed by atoms with E-state index in [1.165, 1.54) is 6.42 Å². The van der Waals surface area contributed by atoms with E-state index < -0.39 is 0 Å². The summed E-state index contributed by atoms with van der Waals surface area (Å²) in [6.07, 6.45) is 1.26. The van der Waals surface area contributed by atoms with Gasteiger partial charge in [0.1, 0.15) is 0 Å². The molecule has 3 heteroatoms. The van der Waals surface area contributed by atoms with Gasteiger partial charge in [0.2, 0.25) is 0 Å². The molecule has 12 heavy (non-hydrogen) atoms. The van der Waals surface area contributed by atoms with Crippen molar-refractivity contribution < 1.29 is 0 Å². The smallest absolute Gasteiger partial charge is 0.166 e. The van der Waals surface area contributed by atoms with Crippen LogP contribution in [0, 0.1) is 5.92 Å². The summed E-state index contributed by atoms with van der Waals surface area (Å²) < 4.78 is 0. The van der Waals surface area contributed by atoms with E-state index in [0.717, 1.165) is 11.0 Å². The minimum Gasteiger partial charge on any atom is -0.360 e. The lowest BCUT2D eigenvalue weighted by Gasteiger charge is -2.23. The third-order valence-electron chi connectivity index (χ3n) is 1.91. The van der Waals surface area contributed by atoms with Crippen molar-refractivity contribution in [2.75, 3.05) is 0 Å². The van der Waals surface area contributed by atoms with Gasteiger partial charge in [0.25, 0.3) is 0 Å². The fraction of sp³-hybridized carbons (Fsp3) is 0.889. The molecule has 0 heterocycles. The summed E-state index contributed by atoms with van der Waals surface area (Å²) in [4.78, 5) is 0. The van der Waals surface area contributed by atoms with Crippen molar-refractivity contribution in [1.29, 1.82) is 0 Å². The molecule has 0 aliphatic heterocycles. The summed E-state index contributed by atoms with van der Waals surface area (Å²) in [6, 6.07) is 0.618. The molecule has 1 aliphatic carbocycles. The second kappa shape index (κ2) is 3.21. The van der Waals surface area contributed by atoms with Crippen LogP contribution in [-0.2, 0) is 0 Å². The van der Waals surface area contributed by atoms with Crippen LogP contribution in [0.2, 0.25) is 0 Å². The predicted octanol–water partition coefficient (Wildman–Crippen LogP) is 1.66. The Morgan fingerprint density at radius 2 is 1.92 bits per heavy atom. The van der Waals surface area contributed by atoms with E-state index in [2.05, 4.69) is 38.3 Å². The van der Waals surface area contributed by atoms with E-state index >= 15 is 0 Å². The molecule has 0 bridgehead atoms. The van der Waals surface area contributed by atoms with Crippen molar-refractivity contribution in [2.24, 2.45) is 5.92 Å². The molecule has 0 spiro atoms. The van der Waals surface area contributed by atoms with Crippen molar-refractivity contribution in [3.8, 4) is 0 Å². The van der Waals surface area contributed by atoms with Crippen molar-refractivity contribution in [3.05, 3.63) is 0 Å². The largest absolute Gasteiger partial charge is 0.360 e. The number of thiocarbonyl (C=S) groups is 1. The Kier molecular flexibility index (Phi) is 2.61. The SMILES string of the molecule is C[C@@H]1C[C@H]1NC(=S)NC(C)(C)C. The molecule has 0 saturated heterocycles. The van der Waals surface area contributed by atoms with E-state index in [1.807, 2.05) is 0 Å². The zero-order chi connectivity index (χ0) is 9.35. The second-order valence-electron chi connectivity index (χ2n) is 4.67. The fourth-order valence-corrected chi connectivity index (χ4v) is 1.53. The van der Waals surface area contributed by atoms with Crippen LogP contribution < -0.4 is 10.6 Å². The maximum atomic E-state index is 5.15. The maximum absolute atomic E-state index is 5.15. The number of hydrogen-bond acceptors (Lipinski definition) is 1. The Hall–Kier alpha value is -0.310. The van der Waals surface area contributed by atoms with Gasteiger partial charge in [-0.1, -0.05) is 6.92 Å². The molecule has 70 valence electrons. The maximum Gasteiger partial charge on any atom is 0.166 e. The molecule has 1 fully saturated rings. The molecule has 0 radical (unpaired) electrons. The van der Waals surface area contributed by atoms with Crippen molar-refractivity contribution in [2.45, 2.75) is 45.7 Å². The Labute approximate surface area is 80.1 Å². The van der Waals surface area contributed by atoms with E-state index in [0.29, 0.717) is 6.04 Å². The molecule has 0 aromatic carbocycles. The van der Waals surface area contributed by atoms with E-state index in [4.69, 9.17) is 12.2 Å². The van der Waals surface area contributed by atoms with Gasteiger partial charge in [0.15, 0.2) is 5.11 Å². The third-order valence-corrected chi connectivity index (χ3v) is 2.13. The molecule has 1 saturated carbocycles. The number of nitrogens with one attached hydrogen (secondary N) is 2. The average Bonchev–Trinajstić information content (AvgIpc) is 2.40. The summed E-state index contributed by atoms with van der Waals surface area (Å²) in [7, 11) is 0. The summed E-state index contributed by atoms with van der Waals surface area (Å²) in [5.41, 5.74) is 0.0716. The van der Waals surface area contributed by atoms with Crippen LogP contribution >= 0.6 is 12.2 Å². The molecule has 0 aromatic heterocycles. The highest BCUT2D eigenvalue weighted by Gasteiger charge is 2.33. The van der Waals surface area contributed by atoms with Gasteiger partial charge in [-0.15, -0.1) is 0 Å². The zero-order valence-electron chi connectivity index (χ0n) is 8.27. The van der Waals surface area contributed by atoms with Gasteiger partial charge < -0.3 is 10.6 Å². The standard InChI is InChI=1S/C9H18N2S/c1-6-5-7(6)10-8(12)11-9(2,3)4/h6-7H,5H2,1-4H3,(H2,10,11,12)/t6-,7-/m1/s1. The molecule has 1 rings (SSSR count). The highest BCUT2D eigenvalue weighted by molar-refractivity contribution is 7.80. The lowest BCUT2D eigenvalue weighted by molar-refractivity contribution is 0.505. The lowest BCUT2D eigenvalue weighted by atomic mass is 10.1. The topological polar surface area (TPSA) is 24.1 Å². The van der Waals surface area contributed by atoms with Crippen LogP contribution in [0.25, 0.3) is 0 Å². The monoisotopic (exact) mass is 186 g/mol. The van der Waals surface area contributed by atoms with E-state index in [1.54, 1.807) is 0 Å². The van der Waals surface area contributed by atoms with Crippen LogP contribution in [0.1, 0.15) is 34.1 Å². The van der Waals surface area contributed by atoms with Crippen molar-refractivity contribution in [1.82, 2.24) is 10.6 Å². The Bertz CT molecular complexity index is 183. The first kappa shape index (κ1) is 9.78. The van der Waals surface area contributed by atoms with Gasteiger partial charge in [0.05, 0.1) is 0 Å². The quantitative estimate of drug-likeness (QED) is 0.609. The van der Waals surface area contributed by atoms with Gasteiger partial charge in [-0.3, -0.25) is 0 Å². The van der Waals surface area contributed by atoms with Crippen LogP contribution in [0.15, 0.2) is 0 Å². The van der Waals surface area contributed by atoms with Crippen LogP contribution in [0.4, 0.5) is 0 Å². The molecule has 1 aliphatic rings. The Morgan fingerprint density at radius 3 is 2.25 bits per heavy atom. The molecule has 2 atom stereocenters. The molecule has 0 amide bonds. The minimum atomic E-state index is 0.0716. The first-order valence-electron chi connectivity index (χ1n) is 4.47. The fourth-order valence-electron chi connectivity index (χ4n) is 1.07. The summed E-state index contributed by atoms with van der Waals surface area (Å²) in [5.74, 6) is 0.796. The Morgan fingerprint density at radius 1 is 1.42 bits per heavy atom. The van der Waals surface area contributed by atoms with Gasteiger partial charge in [0, 0.05) is 11.6 Å². The van der Waals surface area contributed by atoms with E-state index in [9.17, 15) is 0 Å². The van der Waals surface area contributed by atoms with E-state index in [-0.39, 0.29) is 5.54 Å². The first-order valence-corrected chi connectivity index (χ1v) is 4.88. The molecular weight excluding hydrogens is 168 g/mol. The molecule has 2 N–H and O–H groups in total. The van der Waals surface area contributed by atoms with Gasteiger partial charge in [-0.2, -0.15) is 0 Å². The highest BCUT2D eigenvalue weighted by atomic mass is 32.1. The number of hydrogen-bond donors (Lipinski definition) is 2. The molecule has 2 nitrogen and oxygen atoms in total. The predicted molar refractivity (Wildman–Crippen MR) is 56.2 cm³/mol. The molecular formula is C9H18N2S. The van der Waals surface area contributed by atoms with Crippen LogP contribution in [0.5, 0.6) is 0 Å². The molecule has 0 aromatic rings. The number of rotatable bonds is 1. The first-order chi connectivity index (χ1) is 5.38. The normalized spacial score (nSPS) is 28.0. The van der Waals surface area contributed by atoms with Crippen molar-refractivity contribution >= 4 is 17.3 Å². The molecule has 0 unspecified atom stereocenters. The average molecular weight is 186 g/mol. The van der Waals surface area contributed by atoms with Gasteiger partial charge >= 0.3 is 0 Å². The van der Waals surface area contributed by atoms with Gasteiger partial charge in [-0.05, 0) is 45.3 Å². The lowest BCUT2D eigenvalue weighted by Crippen LogP contribution is -2.47. The van der Waals surface area contributed by atoms with Crippen LogP contribution in [-0.4, -0.2) is 16.7 Å². The van der Waals surface area contributed by atoms with Gasteiger partial charge in [-0.25, -0.2) is 0 Å².